The molecule has 4 heteroatoms. The van der Waals surface area contributed by atoms with E-state index in [1.807, 2.05) is 6.07 Å². The zero-order valence-electron chi connectivity index (χ0n) is 10.8. The van der Waals surface area contributed by atoms with Gasteiger partial charge in [-0.15, -0.1) is 0 Å². The molecule has 1 aromatic carbocycles. The summed E-state index contributed by atoms with van der Waals surface area (Å²) in [6.45, 7) is 1.46. The second-order valence-electron chi connectivity index (χ2n) is 5.07. The molecule has 0 aromatic heterocycles. The maximum Gasteiger partial charge on any atom is 0.157 e. The molecule has 0 fully saturated rings. The van der Waals surface area contributed by atoms with Crippen molar-refractivity contribution in [3.63, 3.8) is 0 Å². The minimum absolute atomic E-state index is 0.210. The van der Waals surface area contributed by atoms with Crippen molar-refractivity contribution in [3.8, 4) is 0 Å². The summed E-state index contributed by atoms with van der Waals surface area (Å²) in [5.74, 6) is -0.226. The highest BCUT2D eigenvalue weighted by atomic mass is 32.2. The Bertz CT molecular complexity index is 573. The molecule has 1 atom stereocenters. The van der Waals surface area contributed by atoms with Crippen molar-refractivity contribution in [2.45, 2.75) is 37.9 Å². The molecule has 0 saturated carbocycles. The van der Waals surface area contributed by atoms with Crippen LogP contribution in [0.4, 0.5) is 0 Å². The SMILES string of the molecule is CC(C(=O)Cc1ccc2c(c1)CCC2)S(C)(=O)=O. The predicted octanol–water partition coefficient (Wildman–Crippen LogP) is 1.72. The van der Waals surface area contributed by atoms with Gasteiger partial charge in [0.15, 0.2) is 15.6 Å². The number of ketones is 1. The zero-order chi connectivity index (χ0) is 13.3. The molecule has 18 heavy (non-hydrogen) atoms. The van der Waals surface area contributed by atoms with Crippen molar-refractivity contribution in [2.24, 2.45) is 0 Å². The van der Waals surface area contributed by atoms with Crippen LogP contribution in [-0.2, 0) is 33.9 Å². The second-order valence-corrected chi connectivity index (χ2v) is 7.44. The van der Waals surface area contributed by atoms with Gasteiger partial charge in [-0.1, -0.05) is 18.2 Å². The number of sulfone groups is 1. The van der Waals surface area contributed by atoms with Gasteiger partial charge in [0.25, 0.3) is 0 Å². The third-order valence-corrected chi connectivity index (χ3v) is 5.18. The molecular weight excluding hydrogens is 248 g/mol. The van der Waals surface area contributed by atoms with Gasteiger partial charge in [0, 0.05) is 12.7 Å². The van der Waals surface area contributed by atoms with Crippen LogP contribution in [-0.4, -0.2) is 25.7 Å². The fraction of sp³-hybridized carbons (Fsp3) is 0.500. The Morgan fingerprint density at radius 1 is 1.28 bits per heavy atom. The van der Waals surface area contributed by atoms with E-state index < -0.39 is 15.1 Å². The van der Waals surface area contributed by atoms with Gasteiger partial charge in [-0.3, -0.25) is 4.79 Å². The van der Waals surface area contributed by atoms with Crippen LogP contribution in [0, 0.1) is 0 Å². The Hall–Kier alpha value is -1.16. The average molecular weight is 266 g/mol. The molecule has 0 N–H and O–H groups in total. The molecule has 1 unspecified atom stereocenters. The van der Waals surface area contributed by atoms with Crippen molar-refractivity contribution in [2.75, 3.05) is 6.26 Å². The van der Waals surface area contributed by atoms with Gasteiger partial charge >= 0.3 is 0 Å². The van der Waals surface area contributed by atoms with Gasteiger partial charge in [-0.2, -0.15) is 0 Å². The summed E-state index contributed by atoms with van der Waals surface area (Å²) in [4.78, 5) is 11.9. The van der Waals surface area contributed by atoms with Gasteiger partial charge in [-0.05, 0) is 42.9 Å². The van der Waals surface area contributed by atoms with Crippen LogP contribution in [0.1, 0.15) is 30.0 Å². The highest BCUT2D eigenvalue weighted by molar-refractivity contribution is 7.92. The van der Waals surface area contributed by atoms with E-state index in [1.54, 1.807) is 0 Å². The number of carbonyl (C=O) groups is 1. The molecule has 0 heterocycles. The lowest BCUT2D eigenvalue weighted by Gasteiger charge is -2.09. The number of carbonyl (C=O) groups excluding carboxylic acids is 1. The lowest BCUT2D eigenvalue weighted by Crippen LogP contribution is -2.27. The second kappa shape index (κ2) is 4.84. The van der Waals surface area contributed by atoms with Crippen molar-refractivity contribution in [1.29, 1.82) is 0 Å². The fourth-order valence-corrected chi connectivity index (χ4v) is 2.88. The van der Waals surface area contributed by atoms with Crippen LogP contribution >= 0.6 is 0 Å². The molecule has 0 spiro atoms. The third kappa shape index (κ3) is 2.80. The first-order valence-corrected chi connectivity index (χ1v) is 8.15. The van der Waals surface area contributed by atoms with Crippen molar-refractivity contribution in [3.05, 3.63) is 34.9 Å². The topological polar surface area (TPSA) is 51.2 Å². The summed E-state index contributed by atoms with van der Waals surface area (Å²) in [5, 5.41) is -0.911. The minimum atomic E-state index is -3.28. The summed E-state index contributed by atoms with van der Waals surface area (Å²) < 4.78 is 22.7. The highest BCUT2D eigenvalue weighted by Gasteiger charge is 2.23. The third-order valence-electron chi connectivity index (χ3n) is 3.64. The van der Waals surface area contributed by atoms with E-state index in [4.69, 9.17) is 0 Å². The van der Waals surface area contributed by atoms with E-state index in [1.165, 1.54) is 24.5 Å². The van der Waals surface area contributed by atoms with E-state index in [0.717, 1.165) is 24.7 Å². The summed E-state index contributed by atoms with van der Waals surface area (Å²) >= 11 is 0. The summed E-state index contributed by atoms with van der Waals surface area (Å²) in [5.41, 5.74) is 3.60. The monoisotopic (exact) mass is 266 g/mol. The molecule has 0 amide bonds. The molecule has 2 rings (SSSR count). The first-order valence-electron chi connectivity index (χ1n) is 6.20. The summed E-state index contributed by atoms with van der Waals surface area (Å²) in [7, 11) is -3.28. The number of aryl methyl sites for hydroxylation is 2. The molecule has 1 aliphatic carbocycles. The average Bonchev–Trinajstić information content (AvgIpc) is 2.73. The number of Topliss-reactive ketones (excluding diaryl/α,β-unsaturated/α-hetero) is 1. The van der Waals surface area contributed by atoms with Gasteiger partial charge in [0.1, 0.15) is 5.25 Å². The van der Waals surface area contributed by atoms with Crippen LogP contribution < -0.4 is 0 Å². The quantitative estimate of drug-likeness (QED) is 0.834. The standard InChI is InChI=1S/C14H18O3S/c1-10(18(2,16)17)14(15)9-11-6-7-12-4-3-5-13(12)8-11/h6-8,10H,3-5,9H2,1-2H3. The molecule has 1 aromatic rings. The van der Waals surface area contributed by atoms with E-state index >= 15 is 0 Å². The predicted molar refractivity (Wildman–Crippen MR) is 71.5 cm³/mol. The Balaban J connectivity index is 2.13. The molecule has 0 bridgehead atoms. The van der Waals surface area contributed by atoms with Crippen molar-refractivity contribution in [1.82, 2.24) is 0 Å². The largest absolute Gasteiger partial charge is 0.298 e. The van der Waals surface area contributed by atoms with Crippen LogP contribution in [0.5, 0.6) is 0 Å². The molecule has 0 radical (unpaired) electrons. The first kappa shape index (κ1) is 13.3. The molecule has 0 saturated heterocycles. The van der Waals surface area contributed by atoms with E-state index in [2.05, 4.69) is 12.1 Å². The number of hydrogen-bond acceptors (Lipinski definition) is 3. The molecule has 0 aliphatic heterocycles. The number of benzene rings is 1. The number of hydrogen-bond donors (Lipinski definition) is 0. The van der Waals surface area contributed by atoms with Crippen molar-refractivity contribution < 1.29 is 13.2 Å². The zero-order valence-corrected chi connectivity index (χ0v) is 11.6. The van der Waals surface area contributed by atoms with Crippen LogP contribution in [0.15, 0.2) is 18.2 Å². The summed E-state index contributed by atoms with van der Waals surface area (Å²) in [6.07, 6.45) is 4.68. The summed E-state index contributed by atoms with van der Waals surface area (Å²) in [6, 6.07) is 6.06. The van der Waals surface area contributed by atoms with Crippen LogP contribution in [0.25, 0.3) is 0 Å². The molecule has 98 valence electrons. The minimum Gasteiger partial charge on any atom is -0.298 e. The first-order chi connectivity index (χ1) is 8.38. The van der Waals surface area contributed by atoms with Gasteiger partial charge < -0.3 is 0 Å². The number of fused-ring (bicyclic) bond motifs is 1. The van der Waals surface area contributed by atoms with E-state index in [-0.39, 0.29) is 12.2 Å². The Morgan fingerprint density at radius 2 is 1.94 bits per heavy atom. The van der Waals surface area contributed by atoms with Crippen LogP contribution in [0.3, 0.4) is 0 Å². The normalized spacial score (nSPS) is 16.3. The lowest BCUT2D eigenvalue weighted by molar-refractivity contribution is -0.117. The van der Waals surface area contributed by atoms with Gasteiger partial charge in [0.2, 0.25) is 0 Å². The van der Waals surface area contributed by atoms with E-state index in [0.29, 0.717) is 0 Å². The fourth-order valence-electron chi connectivity index (χ4n) is 2.32. The molecule has 3 nitrogen and oxygen atoms in total. The highest BCUT2D eigenvalue weighted by Crippen LogP contribution is 2.23. The maximum atomic E-state index is 11.9. The maximum absolute atomic E-state index is 11.9. The molecular formula is C14H18O3S. The van der Waals surface area contributed by atoms with Gasteiger partial charge in [-0.25, -0.2) is 8.42 Å². The smallest absolute Gasteiger partial charge is 0.157 e. The Labute approximate surface area is 108 Å². The Morgan fingerprint density at radius 3 is 2.61 bits per heavy atom. The van der Waals surface area contributed by atoms with Crippen LogP contribution in [0.2, 0.25) is 0 Å². The Kier molecular flexibility index (Phi) is 3.57. The number of rotatable bonds is 4. The van der Waals surface area contributed by atoms with Crippen molar-refractivity contribution >= 4 is 15.6 Å². The lowest BCUT2D eigenvalue weighted by atomic mass is 10.0. The van der Waals surface area contributed by atoms with E-state index in [9.17, 15) is 13.2 Å². The van der Waals surface area contributed by atoms with Gasteiger partial charge in [0.05, 0.1) is 0 Å². The molecule has 1 aliphatic rings.